The summed E-state index contributed by atoms with van der Waals surface area (Å²) in [6, 6.07) is 2.97. The first kappa shape index (κ1) is 15.1. The molecule has 0 aliphatic carbocycles. The summed E-state index contributed by atoms with van der Waals surface area (Å²) < 4.78 is 40.9. The van der Waals surface area contributed by atoms with Crippen molar-refractivity contribution < 1.29 is 27.3 Å². The van der Waals surface area contributed by atoms with Crippen molar-refractivity contribution in [2.24, 2.45) is 0 Å². The third kappa shape index (κ3) is 6.08. The minimum absolute atomic E-state index is 0.228. The van der Waals surface area contributed by atoms with Crippen molar-refractivity contribution in [1.29, 1.82) is 0 Å². The van der Waals surface area contributed by atoms with E-state index in [1.165, 1.54) is 29.4 Å². The van der Waals surface area contributed by atoms with Gasteiger partial charge in [0.2, 0.25) is 0 Å². The summed E-state index contributed by atoms with van der Waals surface area (Å²) in [6.45, 7) is -0.228. The first-order valence-electron chi connectivity index (χ1n) is 4.82. The molecule has 3 N–H and O–H groups in total. The average molecular weight is 296 g/mol. The summed E-state index contributed by atoms with van der Waals surface area (Å²) in [6.07, 6.45) is 2.19. The van der Waals surface area contributed by atoms with Crippen LogP contribution in [0.4, 0.5) is 5.69 Å². The smallest absolute Gasteiger partial charge is 0.344 e. The molecule has 10 heteroatoms. The highest BCUT2D eigenvalue weighted by Crippen LogP contribution is 2.36. The maximum atomic E-state index is 11.0. The van der Waals surface area contributed by atoms with Crippen LogP contribution in [0.5, 0.6) is 0 Å². The predicted molar refractivity (Wildman–Crippen MR) is 64.9 cm³/mol. The molecule has 0 spiro atoms. The molecule has 1 aromatic rings. The van der Waals surface area contributed by atoms with Gasteiger partial charge < -0.3 is 14.7 Å². The Morgan fingerprint density at radius 3 is 2.28 bits per heavy atom. The van der Waals surface area contributed by atoms with Crippen LogP contribution in [0.25, 0.3) is 0 Å². The van der Waals surface area contributed by atoms with E-state index >= 15 is 0 Å². The van der Waals surface area contributed by atoms with E-state index in [1.807, 2.05) is 0 Å². The number of aromatic nitrogens is 1. The zero-order valence-electron chi connectivity index (χ0n) is 9.25. The lowest BCUT2D eigenvalue weighted by Crippen LogP contribution is -2.30. The van der Waals surface area contributed by atoms with Crippen LogP contribution in [0, 0.1) is 0 Å². The summed E-state index contributed by atoms with van der Waals surface area (Å²) in [5.74, 6) is -0.616. The van der Waals surface area contributed by atoms with E-state index < -0.39 is 29.8 Å². The molecule has 0 aliphatic rings. The summed E-state index contributed by atoms with van der Waals surface area (Å²) >= 11 is 0. The molecule has 1 rings (SSSR count). The van der Waals surface area contributed by atoms with Gasteiger partial charge in [-0.15, -0.1) is 0 Å². The Morgan fingerprint density at radius 2 is 1.83 bits per heavy atom. The van der Waals surface area contributed by atoms with Crippen molar-refractivity contribution in [2.75, 3.05) is 23.5 Å². The van der Waals surface area contributed by atoms with Gasteiger partial charge in [-0.2, -0.15) is 8.42 Å². The molecule has 0 aliphatic heterocycles. The van der Waals surface area contributed by atoms with Crippen molar-refractivity contribution in [3.8, 4) is 0 Å². The van der Waals surface area contributed by atoms with Crippen molar-refractivity contribution in [2.45, 2.75) is 0 Å². The minimum Gasteiger partial charge on any atom is -0.359 e. The van der Waals surface area contributed by atoms with Crippen LogP contribution < -0.4 is 4.90 Å². The van der Waals surface area contributed by atoms with Gasteiger partial charge >= 0.3 is 7.60 Å². The van der Waals surface area contributed by atoms with Gasteiger partial charge in [-0.05, 0) is 12.1 Å². The van der Waals surface area contributed by atoms with Crippen molar-refractivity contribution in [3.63, 3.8) is 0 Å². The van der Waals surface area contributed by atoms with Gasteiger partial charge in [0.05, 0.1) is 5.75 Å². The number of hydrogen-bond acceptors (Lipinski definition) is 5. The Labute approximate surface area is 104 Å². The molecule has 0 bridgehead atoms. The third-order valence-electron chi connectivity index (χ3n) is 2.00. The molecule has 0 atom stereocenters. The molecule has 0 aromatic carbocycles. The summed E-state index contributed by atoms with van der Waals surface area (Å²) in [5.41, 5.74) is 0.414. The molecular formula is C8H13N2O6PS. The normalized spacial score (nSPS) is 12.4. The summed E-state index contributed by atoms with van der Waals surface area (Å²) in [4.78, 5) is 22.8. The van der Waals surface area contributed by atoms with Crippen molar-refractivity contribution in [3.05, 3.63) is 24.5 Å². The Bertz CT molecular complexity index is 528. The van der Waals surface area contributed by atoms with Crippen LogP contribution in [0.15, 0.2) is 24.5 Å². The molecular weight excluding hydrogens is 283 g/mol. The summed E-state index contributed by atoms with van der Waals surface area (Å²) in [5, 5.41) is 0. The van der Waals surface area contributed by atoms with Gasteiger partial charge in [0.15, 0.2) is 0 Å². The largest absolute Gasteiger partial charge is 0.359 e. The van der Waals surface area contributed by atoms with Gasteiger partial charge in [-0.1, -0.05) is 0 Å². The fraction of sp³-hybridized carbons (Fsp3) is 0.375. The van der Waals surface area contributed by atoms with Gasteiger partial charge in [0, 0.05) is 24.6 Å². The molecule has 0 saturated heterocycles. The molecule has 0 fully saturated rings. The van der Waals surface area contributed by atoms with Crippen LogP contribution in [0.3, 0.4) is 0 Å². The molecule has 0 unspecified atom stereocenters. The topological polar surface area (TPSA) is 128 Å². The van der Waals surface area contributed by atoms with Crippen molar-refractivity contribution in [1.82, 2.24) is 4.98 Å². The van der Waals surface area contributed by atoms with Gasteiger partial charge in [0.25, 0.3) is 10.1 Å². The number of hydrogen-bond donors (Lipinski definition) is 3. The lowest BCUT2D eigenvalue weighted by molar-refractivity contribution is 0.372. The predicted octanol–water partition coefficient (Wildman–Crippen LogP) is -0.0890. The van der Waals surface area contributed by atoms with Gasteiger partial charge in [0.1, 0.15) is 6.29 Å². The fourth-order valence-electron chi connectivity index (χ4n) is 1.28. The van der Waals surface area contributed by atoms with Crippen LogP contribution in [-0.2, 0) is 14.7 Å². The Morgan fingerprint density at radius 1 is 1.28 bits per heavy atom. The van der Waals surface area contributed by atoms with Crippen molar-refractivity contribution >= 4 is 23.4 Å². The molecule has 102 valence electrons. The van der Waals surface area contributed by atoms with E-state index in [0.29, 0.717) is 5.69 Å². The Hall–Kier alpha value is -0.990. The summed E-state index contributed by atoms with van der Waals surface area (Å²) in [7, 11) is -8.53. The first-order valence-corrected chi connectivity index (χ1v) is 8.23. The molecule has 18 heavy (non-hydrogen) atoms. The average Bonchev–Trinajstić information content (AvgIpc) is 2.23. The molecule has 0 radical (unpaired) electrons. The minimum atomic E-state index is -4.34. The quantitative estimate of drug-likeness (QED) is 0.491. The lowest BCUT2D eigenvalue weighted by Gasteiger charge is -2.24. The molecule has 1 aromatic heterocycles. The lowest BCUT2D eigenvalue weighted by atomic mass is 10.4. The number of nitrogens with zero attached hydrogens (tertiary/aromatic N) is 2. The second-order valence-electron chi connectivity index (χ2n) is 3.56. The molecule has 0 amide bonds. The van der Waals surface area contributed by atoms with Crippen LogP contribution >= 0.6 is 7.60 Å². The highest BCUT2D eigenvalue weighted by molar-refractivity contribution is 7.85. The van der Waals surface area contributed by atoms with E-state index in [1.54, 1.807) is 0 Å². The fourth-order valence-corrected chi connectivity index (χ4v) is 2.48. The van der Waals surface area contributed by atoms with E-state index in [4.69, 9.17) is 14.3 Å². The molecule has 8 nitrogen and oxygen atoms in total. The van der Waals surface area contributed by atoms with Crippen LogP contribution in [0.1, 0.15) is 0 Å². The van der Waals surface area contributed by atoms with Crippen LogP contribution in [-0.4, -0.2) is 46.3 Å². The maximum absolute atomic E-state index is 11.0. The first-order chi connectivity index (χ1) is 8.17. The van der Waals surface area contributed by atoms with E-state index in [0.717, 1.165) is 0 Å². The highest BCUT2D eigenvalue weighted by Gasteiger charge is 2.21. The third-order valence-corrected chi connectivity index (χ3v) is 3.41. The van der Waals surface area contributed by atoms with E-state index in [-0.39, 0.29) is 6.54 Å². The molecule has 1 heterocycles. The standard InChI is InChI=1S/C8H13N2O6PS/c11-17(12,13)7-10(5-6-18(14,15)16)8-1-3-9-4-2-8/h1-4H,5-7H2,(H2,11,12,13)(H,14,15,16). The van der Waals surface area contributed by atoms with Gasteiger partial charge in [-0.3, -0.25) is 14.1 Å². The molecule has 0 saturated carbocycles. The Balaban J connectivity index is 2.86. The number of rotatable bonds is 6. The van der Waals surface area contributed by atoms with E-state index in [2.05, 4.69) is 4.98 Å². The zero-order chi connectivity index (χ0) is 13.8. The highest BCUT2D eigenvalue weighted by atomic mass is 32.2. The Kier molecular flexibility index (Phi) is 4.83. The zero-order valence-corrected chi connectivity index (χ0v) is 11.0. The second kappa shape index (κ2) is 5.77. The number of anilines is 1. The SMILES string of the molecule is O=P(O)(O)CN(CCS(=O)(=O)O)c1ccncc1. The van der Waals surface area contributed by atoms with E-state index in [9.17, 15) is 13.0 Å². The van der Waals surface area contributed by atoms with Gasteiger partial charge in [-0.25, -0.2) is 0 Å². The monoisotopic (exact) mass is 296 g/mol. The second-order valence-corrected chi connectivity index (χ2v) is 6.75. The number of pyridine rings is 1. The maximum Gasteiger partial charge on any atom is 0.344 e. The van der Waals surface area contributed by atoms with Crippen LogP contribution in [0.2, 0.25) is 0 Å².